The highest BCUT2D eigenvalue weighted by molar-refractivity contribution is 7.99. The molecule has 25 heavy (non-hydrogen) atoms. The van der Waals surface area contributed by atoms with Crippen LogP contribution in [0.25, 0.3) is 0 Å². The standard InChI is InChI=1S/C17H26N6OS/c1-12-10-15(21-20-12)17(24)23-4-2-13-14(3-5-23)18-11-19-16(13)22-6-8-25-9-7-22/h11-12,15,20-21H,2-10H2,1H3. The maximum absolute atomic E-state index is 12.8. The summed E-state index contributed by atoms with van der Waals surface area (Å²) >= 11 is 2.00. The van der Waals surface area contributed by atoms with Crippen LogP contribution in [0.5, 0.6) is 0 Å². The van der Waals surface area contributed by atoms with Gasteiger partial charge in [-0.05, 0) is 19.8 Å². The molecule has 2 fully saturated rings. The molecule has 0 radical (unpaired) electrons. The van der Waals surface area contributed by atoms with Gasteiger partial charge in [0.1, 0.15) is 18.2 Å². The number of nitrogens with one attached hydrogen (secondary N) is 2. The quantitative estimate of drug-likeness (QED) is 0.779. The van der Waals surface area contributed by atoms with Gasteiger partial charge in [0.2, 0.25) is 5.91 Å². The first-order chi connectivity index (χ1) is 12.2. The van der Waals surface area contributed by atoms with E-state index in [4.69, 9.17) is 0 Å². The van der Waals surface area contributed by atoms with Gasteiger partial charge in [-0.2, -0.15) is 11.8 Å². The van der Waals surface area contributed by atoms with Crippen molar-refractivity contribution < 1.29 is 4.79 Å². The number of anilines is 1. The third kappa shape index (κ3) is 3.61. The molecule has 0 aliphatic carbocycles. The number of aromatic nitrogens is 2. The van der Waals surface area contributed by atoms with E-state index in [0.717, 1.165) is 68.5 Å². The summed E-state index contributed by atoms with van der Waals surface area (Å²) in [5.74, 6) is 3.60. The van der Waals surface area contributed by atoms with Crippen molar-refractivity contribution in [2.24, 2.45) is 0 Å². The predicted molar refractivity (Wildman–Crippen MR) is 99.7 cm³/mol. The van der Waals surface area contributed by atoms with Crippen molar-refractivity contribution in [1.29, 1.82) is 0 Å². The minimum absolute atomic E-state index is 0.110. The second kappa shape index (κ2) is 7.47. The second-order valence-corrected chi connectivity index (χ2v) is 8.25. The Kier molecular flexibility index (Phi) is 5.10. The molecule has 0 spiro atoms. The van der Waals surface area contributed by atoms with Crippen LogP contribution in [0.4, 0.5) is 5.82 Å². The first-order valence-corrected chi connectivity index (χ1v) is 10.3. The van der Waals surface area contributed by atoms with Crippen molar-refractivity contribution in [3.05, 3.63) is 17.6 Å². The van der Waals surface area contributed by atoms with Crippen molar-refractivity contribution in [2.45, 2.75) is 38.3 Å². The number of nitrogens with zero attached hydrogens (tertiary/aromatic N) is 4. The van der Waals surface area contributed by atoms with Crippen LogP contribution in [-0.4, -0.2) is 70.5 Å². The lowest BCUT2D eigenvalue weighted by atomic mass is 10.1. The number of amides is 1. The molecule has 136 valence electrons. The molecule has 3 aliphatic rings. The molecule has 2 atom stereocenters. The summed E-state index contributed by atoms with van der Waals surface area (Å²) in [4.78, 5) is 26.3. The number of rotatable bonds is 2. The van der Waals surface area contributed by atoms with Crippen molar-refractivity contribution in [1.82, 2.24) is 25.7 Å². The molecule has 1 aromatic rings. The highest BCUT2D eigenvalue weighted by Crippen LogP contribution is 2.26. The van der Waals surface area contributed by atoms with Gasteiger partial charge in [-0.15, -0.1) is 0 Å². The first-order valence-electron chi connectivity index (χ1n) is 9.17. The second-order valence-electron chi connectivity index (χ2n) is 7.03. The molecule has 4 rings (SSSR count). The number of hydrogen-bond acceptors (Lipinski definition) is 7. The minimum Gasteiger partial charge on any atom is -0.355 e. The Bertz CT molecular complexity index is 636. The summed E-state index contributed by atoms with van der Waals surface area (Å²) in [6.07, 6.45) is 4.20. The minimum atomic E-state index is -0.110. The van der Waals surface area contributed by atoms with Crippen LogP contribution in [0.15, 0.2) is 6.33 Å². The lowest BCUT2D eigenvalue weighted by Crippen LogP contribution is -2.46. The van der Waals surface area contributed by atoms with E-state index in [1.54, 1.807) is 6.33 Å². The number of hydrazine groups is 1. The summed E-state index contributed by atoms with van der Waals surface area (Å²) in [6.45, 7) is 5.68. The SMILES string of the molecule is CC1CC(C(=O)N2CCc3ncnc(N4CCSCC4)c3CC2)NN1. The lowest BCUT2D eigenvalue weighted by Gasteiger charge is -2.29. The predicted octanol–water partition coefficient (Wildman–Crippen LogP) is 0.212. The Morgan fingerprint density at radius 2 is 1.96 bits per heavy atom. The number of fused-ring (bicyclic) bond motifs is 1. The third-order valence-electron chi connectivity index (χ3n) is 5.28. The van der Waals surface area contributed by atoms with Crippen molar-refractivity contribution in [3.8, 4) is 0 Å². The van der Waals surface area contributed by atoms with Crippen LogP contribution in [0.3, 0.4) is 0 Å². The topological polar surface area (TPSA) is 73.4 Å². The van der Waals surface area contributed by atoms with Crippen LogP contribution in [0.2, 0.25) is 0 Å². The van der Waals surface area contributed by atoms with Gasteiger partial charge in [0.15, 0.2) is 0 Å². The molecule has 0 saturated carbocycles. The van der Waals surface area contributed by atoms with E-state index in [1.165, 1.54) is 5.56 Å². The number of thioether (sulfide) groups is 1. The zero-order valence-corrected chi connectivity index (χ0v) is 15.5. The Hall–Kier alpha value is -1.38. The molecule has 1 amide bonds. The van der Waals surface area contributed by atoms with E-state index in [9.17, 15) is 4.79 Å². The largest absolute Gasteiger partial charge is 0.355 e. The average molecular weight is 363 g/mol. The highest BCUT2D eigenvalue weighted by Gasteiger charge is 2.32. The van der Waals surface area contributed by atoms with Gasteiger partial charge < -0.3 is 9.80 Å². The van der Waals surface area contributed by atoms with Crippen LogP contribution in [0.1, 0.15) is 24.6 Å². The van der Waals surface area contributed by atoms with Crippen molar-refractivity contribution in [2.75, 3.05) is 42.6 Å². The number of hydrogen-bond donors (Lipinski definition) is 2. The van der Waals surface area contributed by atoms with Gasteiger partial charge in [-0.1, -0.05) is 0 Å². The molecular formula is C17H26N6OS. The maximum atomic E-state index is 12.8. The molecule has 7 nitrogen and oxygen atoms in total. The Labute approximate surface area is 152 Å². The molecule has 8 heteroatoms. The molecule has 4 heterocycles. The van der Waals surface area contributed by atoms with E-state index in [1.807, 2.05) is 16.7 Å². The molecule has 3 aliphatic heterocycles. The smallest absolute Gasteiger partial charge is 0.241 e. The van der Waals surface area contributed by atoms with E-state index < -0.39 is 0 Å². The molecule has 0 aromatic carbocycles. The van der Waals surface area contributed by atoms with Gasteiger partial charge in [-0.3, -0.25) is 10.2 Å². The van der Waals surface area contributed by atoms with Crippen LogP contribution in [-0.2, 0) is 17.6 Å². The summed E-state index contributed by atoms with van der Waals surface area (Å²) in [6, 6.07) is 0.230. The molecule has 2 saturated heterocycles. The summed E-state index contributed by atoms with van der Waals surface area (Å²) in [5.41, 5.74) is 8.64. The zero-order valence-electron chi connectivity index (χ0n) is 14.7. The Morgan fingerprint density at radius 3 is 2.72 bits per heavy atom. The van der Waals surface area contributed by atoms with Gasteiger partial charge in [0.05, 0.1) is 5.69 Å². The number of carbonyl (C=O) groups excluding carboxylic acids is 1. The highest BCUT2D eigenvalue weighted by atomic mass is 32.2. The van der Waals surface area contributed by atoms with Gasteiger partial charge in [-0.25, -0.2) is 15.4 Å². The van der Waals surface area contributed by atoms with Crippen LogP contribution >= 0.6 is 11.8 Å². The molecular weight excluding hydrogens is 336 g/mol. The maximum Gasteiger partial charge on any atom is 0.241 e. The molecule has 2 N–H and O–H groups in total. The van der Waals surface area contributed by atoms with E-state index in [-0.39, 0.29) is 11.9 Å². The summed E-state index contributed by atoms with van der Waals surface area (Å²) in [7, 11) is 0. The monoisotopic (exact) mass is 362 g/mol. The lowest BCUT2D eigenvalue weighted by molar-refractivity contribution is -0.133. The van der Waals surface area contributed by atoms with Gasteiger partial charge in [0, 0.05) is 55.7 Å². The van der Waals surface area contributed by atoms with E-state index in [2.05, 4.69) is 32.6 Å². The number of carbonyl (C=O) groups is 1. The fourth-order valence-electron chi connectivity index (χ4n) is 3.87. The van der Waals surface area contributed by atoms with Gasteiger partial charge in [0.25, 0.3) is 0 Å². The Morgan fingerprint density at radius 1 is 1.16 bits per heavy atom. The fourth-order valence-corrected chi connectivity index (χ4v) is 4.78. The zero-order chi connectivity index (χ0) is 17.2. The first kappa shape index (κ1) is 17.1. The average Bonchev–Trinajstić information content (AvgIpc) is 2.96. The van der Waals surface area contributed by atoms with Crippen LogP contribution < -0.4 is 15.8 Å². The van der Waals surface area contributed by atoms with E-state index >= 15 is 0 Å². The van der Waals surface area contributed by atoms with Gasteiger partial charge >= 0.3 is 0 Å². The van der Waals surface area contributed by atoms with Crippen molar-refractivity contribution >= 4 is 23.5 Å². The third-order valence-corrected chi connectivity index (χ3v) is 6.22. The van der Waals surface area contributed by atoms with Crippen LogP contribution in [0, 0.1) is 0 Å². The normalized spacial score (nSPS) is 27.1. The molecule has 0 bridgehead atoms. The summed E-state index contributed by atoms with van der Waals surface area (Å²) < 4.78 is 0. The summed E-state index contributed by atoms with van der Waals surface area (Å²) in [5, 5.41) is 0. The Balaban J connectivity index is 1.49. The fraction of sp³-hybridized carbons (Fsp3) is 0.706. The molecule has 1 aromatic heterocycles. The van der Waals surface area contributed by atoms with E-state index in [0.29, 0.717) is 6.04 Å². The van der Waals surface area contributed by atoms with Crippen molar-refractivity contribution in [3.63, 3.8) is 0 Å². The molecule has 2 unspecified atom stereocenters.